The van der Waals surface area contributed by atoms with Crippen LogP contribution in [0.15, 0.2) is 35.2 Å². The summed E-state index contributed by atoms with van der Waals surface area (Å²) >= 11 is 0. The number of hydrogen-bond acceptors (Lipinski definition) is 3. The highest BCUT2D eigenvalue weighted by Gasteiger charge is 2.28. The van der Waals surface area contributed by atoms with Crippen molar-refractivity contribution in [3.63, 3.8) is 0 Å². The molecule has 0 radical (unpaired) electrons. The molecule has 0 heterocycles. The van der Waals surface area contributed by atoms with Crippen molar-refractivity contribution in [1.82, 2.24) is 4.31 Å². The summed E-state index contributed by atoms with van der Waals surface area (Å²) in [6, 6.07) is 9.76. The first-order chi connectivity index (χ1) is 11.7. The van der Waals surface area contributed by atoms with Gasteiger partial charge >= 0.3 is 0 Å². The number of nitrogens with zero attached hydrogens (tertiary/aromatic N) is 1. The molecule has 0 spiro atoms. The predicted octanol–water partition coefficient (Wildman–Crippen LogP) is 4.14. The SMILES string of the molecule is CCN(Cc1cccc(C)c1)S(=O)(=O)c1c(C)cc(OC)c(C)c1C. The van der Waals surface area contributed by atoms with Gasteiger partial charge in [0.05, 0.1) is 12.0 Å². The van der Waals surface area contributed by atoms with E-state index in [1.807, 2.05) is 58.9 Å². The molecule has 0 aliphatic rings. The number of benzene rings is 2. The number of ether oxygens (including phenoxy) is 1. The Bertz CT molecular complexity index is 873. The topological polar surface area (TPSA) is 46.6 Å². The third kappa shape index (κ3) is 3.88. The molecule has 0 bridgehead atoms. The van der Waals surface area contributed by atoms with Gasteiger partial charge < -0.3 is 4.74 Å². The quantitative estimate of drug-likeness (QED) is 0.777. The molecule has 0 fully saturated rings. The maximum absolute atomic E-state index is 13.3. The van der Waals surface area contributed by atoms with Crippen LogP contribution < -0.4 is 4.74 Å². The van der Waals surface area contributed by atoms with Gasteiger partial charge in [-0.15, -0.1) is 0 Å². The maximum Gasteiger partial charge on any atom is 0.243 e. The van der Waals surface area contributed by atoms with E-state index in [0.29, 0.717) is 23.5 Å². The Kier molecular flexibility index (Phi) is 5.91. The fourth-order valence-corrected chi connectivity index (χ4v) is 5.06. The van der Waals surface area contributed by atoms with Crippen molar-refractivity contribution in [3.8, 4) is 5.75 Å². The zero-order valence-electron chi connectivity index (χ0n) is 15.9. The molecule has 2 aromatic carbocycles. The van der Waals surface area contributed by atoms with Crippen molar-refractivity contribution in [2.75, 3.05) is 13.7 Å². The van der Waals surface area contributed by atoms with Crippen molar-refractivity contribution in [2.45, 2.75) is 46.1 Å². The maximum atomic E-state index is 13.3. The van der Waals surface area contributed by atoms with Gasteiger partial charge in [-0.1, -0.05) is 36.8 Å². The molecule has 25 heavy (non-hydrogen) atoms. The molecule has 4 nitrogen and oxygen atoms in total. The van der Waals surface area contributed by atoms with Crippen LogP contribution >= 0.6 is 0 Å². The molecular weight excluding hydrogens is 334 g/mol. The second-order valence-electron chi connectivity index (χ2n) is 6.40. The van der Waals surface area contributed by atoms with Gasteiger partial charge in [0.1, 0.15) is 5.75 Å². The van der Waals surface area contributed by atoms with Crippen LogP contribution in [-0.2, 0) is 16.6 Å². The van der Waals surface area contributed by atoms with Crippen molar-refractivity contribution < 1.29 is 13.2 Å². The summed E-state index contributed by atoms with van der Waals surface area (Å²) in [5.41, 5.74) is 4.44. The van der Waals surface area contributed by atoms with Crippen LogP contribution in [0.4, 0.5) is 0 Å². The van der Waals surface area contributed by atoms with E-state index in [1.54, 1.807) is 13.2 Å². The summed E-state index contributed by atoms with van der Waals surface area (Å²) in [5, 5.41) is 0. The summed E-state index contributed by atoms with van der Waals surface area (Å²) in [6.45, 7) is 10.2. The minimum Gasteiger partial charge on any atom is -0.496 e. The van der Waals surface area contributed by atoms with E-state index in [1.165, 1.54) is 4.31 Å². The lowest BCUT2D eigenvalue weighted by atomic mass is 10.1. The fourth-order valence-electron chi connectivity index (χ4n) is 3.14. The van der Waals surface area contributed by atoms with Crippen LogP contribution in [0.1, 0.15) is 34.7 Å². The number of methoxy groups -OCH3 is 1. The Morgan fingerprint density at radius 1 is 1.04 bits per heavy atom. The molecule has 2 aromatic rings. The molecule has 0 N–H and O–H groups in total. The summed E-state index contributed by atoms with van der Waals surface area (Å²) in [5.74, 6) is 0.718. The number of aryl methyl sites for hydroxylation is 2. The molecule has 0 unspecified atom stereocenters. The summed E-state index contributed by atoms with van der Waals surface area (Å²) < 4.78 is 33.6. The molecule has 0 saturated carbocycles. The molecule has 2 rings (SSSR count). The highest BCUT2D eigenvalue weighted by molar-refractivity contribution is 7.89. The second-order valence-corrected chi connectivity index (χ2v) is 8.27. The predicted molar refractivity (Wildman–Crippen MR) is 102 cm³/mol. The van der Waals surface area contributed by atoms with Crippen molar-refractivity contribution in [1.29, 1.82) is 0 Å². The van der Waals surface area contributed by atoms with Gasteiger partial charge in [-0.05, 0) is 56.0 Å². The van der Waals surface area contributed by atoms with E-state index in [9.17, 15) is 8.42 Å². The molecular formula is C20H27NO3S. The smallest absolute Gasteiger partial charge is 0.243 e. The highest BCUT2D eigenvalue weighted by Crippen LogP contribution is 2.32. The lowest BCUT2D eigenvalue weighted by Crippen LogP contribution is -2.31. The largest absolute Gasteiger partial charge is 0.496 e. The standard InChI is InChI=1S/C20H27NO3S/c1-7-21(13-18-10-8-9-14(2)11-18)25(22,23)20-15(3)12-19(24-6)16(4)17(20)5/h8-12H,7,13H2,1-6H3. The average molecular weight is 362 g/mol. The van der Waals surface area contributed by atoms with E-state index in [4.69, 9.17) is 4.74 Å². The van der Waals surface area contributed by atoms with Crippen LogP contribution in [-0.4, -0.2) is 26.4 Å². The lowest BCUT2D eigenvalue weighted by molar-refractivity contribution is 0.408. The Hall–Kier alpha value is -1.85. The zero-order valence-corrected chi connectivity index (χ0v) is 16.7. The molecule has 0 aliphatic carbocycles. The van der Waals surface area contributed by atoms with Gasteiger partial charge in [0.2, 0.25) is 10.0 Å². The van der Waals surface area contributed by atoms with Gasteiger partial charge in [0, 0.05) is 13.1 Å². The molecule has 0 aliphatic heterocycles. The minimum atomic E-state index is -3.59. The Morgan fingerprint density at radius 3 is 2.28 bits per heavy atom. The second kappa shape index (κ2) is 7.58. The van der Waals surface area contributed by atoms with E-state index >= 15 is 0 Å². The molecule has 5 heteroatoms. The lowest BCUT2D eigenvalue weighted by Gasteiger charge is -2.24. The number of sulfonamides is 1. The molecule has 0 atom stereocenters. The van der Waals surface area contributed by atoms with Crippen molar-refractivity contribution >= 4 is 10.0 Å². The number of hydrogen-bond donors (Lipinski definition) is 0. The van der Waals surface area contributed by atoms with Crippen LogP contribution in [0, 0.1) is 27.7 Å². The molecule has 136 valence electrons. The van der Waals surface area contributed by atoms with Gasteiger partial charge in [-0.3, -0.25) is 0 Å². The van der Waals surface area contributed by atoms with Crippen LogP contribution in [0.3, 0.4) is 0 Å². The van der Waals surface area contributed by atoms with Crippen molar-refractivity contribution in [3.05, 3.63) is 58.1 Å². The molecule has 0 aromatic heterocycles. The molecule has 0 amide bonds. The van der Waals surface area contributed by atoms with E-state index < -0.39 is 10.0 Å². The zero-order chi connectivity index (χ0) is 18.8. The van der Waals surface area contributed by atoms with Crippen LogP contribution in [0.5, 0.6) is 5.75 Å². The van der Waals surface area contributed by atoms with E-state index in [2.05, 4.69) is 0 Å². The Balaban J connectivity index is 2.51. The highest BCUT2D eigenvalue weighted by atomic mass is 32.2. The number of rotatable bonds is 6. The monoisotopic (exact) mass is 361 g/mol. The van der Waals surface area contributed by atoms with E-state index in [0.717, 1.165) is 28.0 Å². The summed E-state index contributed by atoms with van der Waals surface area (Å²) in [6.07, 6.45) is 0. The minimum absolute atomic E-state index is 0.366. The fraction of sp³-hybridized carbons (Fsp3) is 0.400. The van der Waals surface area contributed by atoms with Gasteiger partial charge in [-0.2, -0.15) is 4.31 Å². The van der Waals surface area contributed by atoms with Crippen molar-refractivity contribution in [2.24, 2.45) is 0 Å². The summed E-state index contributed by atoms with van der Waals surface area (Å²) in [4.78, 5) is 0.389. The first-order valence-corrected chi connectivity index (χ1v) is 9.86. The summed E-state index contributed by atoms with van der Waals surface area (Å²) in [7, 11) is -1.99. The Labute approximate surface area is 151 Å². The van der Waals surface area contributed by atoms with Gasteiger partial charge in [0.25, 0.3) is 0 Å². The average Bonchev–Trinajstić information content (AvgIpc) is 2.55. The van der Waals surface area contributed by atoms with Gasteiger partial charge in [-0.25, -0.2) is 8.42 Å². The first kappa shape index (κ1) is 19.5. The van der Waals surface area contributed by atoms with Crippen LogP contribution in [0.25, 0.3) is 0 Å². The third-order valence-electron chi connectivity index (χ3n) is 4.59. The third-order valence-corrected chi connectivity index (χ3v) is 6.80. The normalized spacial score (nSPS) is 11.8. The van der Waals surface area contributed by atoms with E-state index in [-0.39, 0.29) is 0 Å². The molecule has 0 saturated heterocycles. The Morgan fingerprint density at radius 2 is 1.72 bits per heavy atom. The first-order valence-electron chi connectivity index (χ1n) is 8.42. The van der Waals surface area contributed by atoms with Crippen LogP contribution in [0.2, 0.25) is 0 Å². The van der Waals surface area contributed by atoms with Gasteiger partial charge in [0.15, 0.2) is 0 Å².